The lowest BCUT2D eigenvalue weighted by Crippen LogP contribution is -2.35. The van der Waals surface area contributed by atoms with Gasteiger partial charge < -0.3 is 4.90 Å². The SMILES string of the molecule is Cc1nn(-c2cccc(C(F)(F)F)c2)c(C)c1C(=O)C(=O)N(C)[C@@H](C)c1ccccc1. The van der Waals surface area contributed by atoms with E-state index >= 15 is 0 Å². The highest BCUT2D eigenvalue weighted by Crippen LogP contribution is 2.31. The van der Waals surface area contributed by atoms with Crippen molar-refractivity contribution >= 4 is 11.7 Å². The van der Waals surface area contributed by atoms with Crippen molar-refractivity contribution in [1.82, 2.24) is 14.7 Å². The normalized spacial score (nSPS) is 12.5. The third kappa shape index (κ3) is 4.38. The van der Waals surface area contributed by atoms with Crippen LogP contribution in [0.2, 0.25) is 0 Å². The fourth-order valence-electron chi connectivity index (χ4n) is 3.43. The minimum absolute atomic E-state index is 0.0922. The number of likely N-dealkylation sites (N-methyl/N-ethyl adjacent to an activating group) is 1. The zero-order chi connectivity index (χ0) is 22.9. The van der Waals surface area contributed by atoms with Gasteiger partial charge in [0.2, 0.25) is 0 Å². The molecule has 1 amide bonds. The zero-order valence-corrected chi connectivity index (χ0v) is 17.6. The Balaban J connectivity index is 1.93. The molecule has 0 aliphatic rings. The van der Waals surface area contributed by atoms with E-state index in [9.17, 15) is 22.8 Å². The van der Waals surface area contributed by atoms with E-state index in [2.05, 4.69) is 5.10 Å². The Morgan fingerprint density at radius 3 is 2.29 bits per heavy atom. The molecule has 3 aromatic rings. The van der Waals surface area contributed by atoms with Gasteiger partial charge in [0.15, 0.2) is 0 Å². The number of aryl methyl sites for hydroxylation is 1. The van der Waals surface area contributed by atoms with Crippen molar-refractivity contribution in [2.24, 2.45) is 0 Å². The third-order valence-electron chi connectivity index (χ3n) is 5.31. The van der Waals surface area contributed by atoms with E-state index in [1.165, 1.54) is 21.7 Å². The minimum Gasteiger partial charge on any atom is -0.332 e. The summed E-state index contributed by atoms with van der Waals surface area (Å²) in [5.74, 6) is -1.47. The molecule has 8 heteroatoms. The van der Waals surface area contributed by atoms with Crippen LogP contribution < -0.4 is 0 Å². The van der Waals surface area contributed by atoms with Gasteiger partial charge in [0.25, 0.3) is 11.7 Å². The monoisotopic (exact) mass is 429 g/mol. The smallest absolute Gasteiger partial charge is 0.332 e. The van der Waals surface area contributed by atoms with Gasteiger partial charge in [-0.05, 0) is 44.5 Å². The van der Waals surface area contributed by atoms with Crippen molar-refractivity contribution in [3.8, 4) is 5.69 Å². The van der Waals surface area contributed by atoms with Gasteiger partial charge >= 0.3 is 6.18 Å². The van der Waals surface area contributed by atoms with Crippen LogP contribution >= 0.6 is 0 Å². The summed E-state index contributed by atoms with van der Waals surface area (Å²) in [5.41, 5.74) is 0.879. The van der Waals surface area contributed by atoms with Crippen molar-refractivity contribution in [2.75, 3.05) is 7.05 Å². The number of nitrogens with zero attached hydrogens (tertiary/aromatic N) is 3. The number of rotatable bonds is 5. The maximum atomic E-state index is 13.1. The van der Waals surface area contributed by atoms with E-state index in [0.717, 1.165) is 17.7 Å². The van der Waals surface area contributed by atoms with Gasteiger partial charge in [0.1, 0.15) is 0 Å². The second-order valence-corrected chi connectivity index (χ2v) is 7.34. The van der Waals surface area contributed by atoms with Gasteiger partial charge in [-0.1, -0.05) is 36.4 Å². The van der Waals surface area contributed by atoms with Crippen molar-refractivity contribution in [2.45, 2.75) is 33.0 Å². The largest absolute Gasteiger partial charge is 0.416 e. The molecule has 3 rings (SSSR count). The fourth-order valence-corrected chi connectivity index (χ4v) is 3.43. The van der Waals surface area contributed by atoms with Crippen LogP contribution in [0.3, 0.4) is 0 Å². The third-order valence-corrected chi connectivity index (χ3v) is 5.31. The summed E-state index contributed by atoms with van der Waals surface area (Å²) >= 11 is 0. The molecule has 1 aromatic heterocycles. The van der Waals surface area contributed by atoms with Crippen molar-refractivity contribution < 1.29 is 22.8 Å². The van der Waals surface area contributed by atoms with Gasteiger partial charge in [-0.2, -0.15) is 18.3 Å². The first-order valence-corrected chi connectivity index (χ1v) is 9.62. The Labute approximate surface area is 178 Å². The first-order valence-electron chi connectivity index (χ1n) is 9.62. The highest BCUT2D eigenvalue weighted by atomic mass is 19.4. The number of alkyl halides is 3. The molecule has 0 aliphatic carbocycles. The van der Waals surface area contributed by atoms with Crippen LogP contribution in [0.15, 0.2) is 54.6 Å². The van der Waals surface area contributed by atoms with Crippen molar-refractivity contribution in [3.63, 3.8) is 0 Å². The molecule has 2 aromatic carbocycles. The Bertz CT molecular complexity index is 1120. The predicted molar refractivity (Wildman–Crippen MR) is 110 cm³/mol. The highest BCUT2D eigenvalue weighted by molar-refractivity contribution is 6.43. The summed E-state index contributed by atoms with van der Waals surface area (Å²) in [6.07, 6.45) is -4.50. The molecule has 0 saturated carbocycles. The maximum absolute atomic E-state index is 13.1. The second kappa shape index (κ2) is 8.37. The number of halogens is 3. The first-order chi connectivity index (χ1) is 14.5. The summed E-state index contributed by atoms with van der Waals surface area (Å²) in [7, 11) is 1.54. The van der Waals surface area contributed by atoms with Gasteiger partial charge in [-0.25, -0.2) is 4.68 Å². The molecular formula is C23H22F3N3O2. The van der Waals surface area contributed by atoms with Crippen LogP contribution in [0.4, 0.5) is 13.2 Å². The number of ketones is 1. The van der Waals surface area contributed by atoms with Crippen molar-refractivity contribution in [3.05, 3.63) is 82.7 Å². The number of carbonyl (C=O) groups is 2. The minimum atomic E-state index is -4.50. The topological polar surface area (TPSA) is 55.2 Å². The van der Waals surface area contributed by atoms with E-state index in [1.807, 2.05) is 37.3 Å². The van der Waals surface area contributed by atoms with Crippen LogP contribution in [0, 0.1) is 13.8 Å². The standard InChI is InChI=1S/C23H22F3N3O2/c1-14-20(21(30)22(31)28(4)15(2)17-9-6-5-7-10-17)16(3)29(27-14)19-12-8-11-18(13-19)23(24,25)26/h5-13,15H,1-4H3/t15-/m0/s1. The van der Waals surface area contributed by atoms with Crippen LogP contribution in [0.1, 0.15) is 45.8 Å². The number of benzene rings is 2. The van der Waals surface area contributed by atoms with Gasteiger partial charge in [0.05, 0.1) is 34.2 Å². The fraction of sp³-hybridized carbons (Fsp3) is 0.261. The average molecular weight is 429 g/mol. The second-order valence-electron chi connectivity index (χ2n) is 7.34. The maximum Gasteiger partial charge on any atom is 0.416 e. The Hall–Kier alpha value is -3.42. The van der Waals surface area contributed by atoms with E-state index in [4.69, 9.17) is 0 Å². The van der Waals surface area contributed by atoms with Gasteiger partial charge in [-0.15, -0.1) is 0 Å². The molecule has 0 unspecified atom stereocenters. The molecule has 0 N–H and O–H groups in total. The lowest BCUT2D eigenvalue weighted by Gasteiger charge is -2.24. The van der Waals surface area contributed by atoms with Crippen LogP contribution in [0.25, 0.3) is 5.69 Å². The summed E-state index contributed by atoms with van der Waals surface area (Å²) in [6.45, 7) is 4.92. The van der Waals surface area contributed by atoms with E-state index in [-0.39, 0.29) is 23.0 Å². The molecule has 5 nitrogen and oxygen atoms in total. The summed E-state index contributed by atoms with van der Waals surface area (Å²) in [5, 5.41) is 4.23. The molecule has 0 fully saturated rings. The Kier molecular flexibility index (Phi) is 6.01. The molecule has 1 atom stereocenters. The molecule has 0 spiro atoms. The number of carbonyl (C=O) groups excluding carboxylic acids is 2. The summed E-state index contributed by atoms with van der Waals surface area (Å²) in [6, 6.07) is 13.6. The molecule has 0 saturated heterocycles. The van der Waals surface area contributed by atoms with Crippen LogP contribution in [-0.2, 0) is 11.0 Å². The molecule has 0 aliphatic heterocycles. The molecule has 1 heterocycles. The number of hydrogen-bond donors (Lipinski definition) is 0. The molecule has 0 bridgehead atoms. The van der Waals surface area contributed by atoms with E-state index in [0.29, 0.717) is 5.69 Å². The molecule has 162 valence electrons. The Morgan fingerprint density at radius 2 is 1.68 bits per heavy atom. The number of Topliss-reactive ketones (excluding diaryl/α,β-unsaturated/α-hetero) is 1. The predicted octanol–water partition coefficient (Wildman–Crippen LogP) is 4.91. The lowest BCUT2D eigenvalue weighted by atomic mass is 10.0. The van der Waals surface area contributed by atoms with Crippen LogP contribution in [0.5, 0.6) is 0 Å². The average Bonchev–Trinajstić information content (AvgIpc) is 3.05. The molecular weight excluding hydrogens is 407 g/mol. The number of amides is 1. The number of hydrogen-bond acceptors (Lipinski definition) is 3. The highest BCUT2D eigenvalue weighted by Gasteiger charge is 2.32. The van der Waals surface area contributed by atoms with Crippen LogP contribution in [-0.4, -0.2) is 33.4 Å². The Morgan fingerprint density at radius 1 is 1.03 bits per heavy atom. The first kappa shape index (κ1) is 22.3. The molecule has 31 heavy (non-hydrogen) atoms. The zero-order valence-electron chi connectivity index (χ0n) is 17.6. The lowest BCUT2D eigenvalue weighted by molar-refractivity contribution is -0.137. The van der Waals surface area contributed by atoms with E-state index < -0.39 is 23.4 Å². The van der Waals surface area contributed by atoms with Gasteiger partial charge in [-0.3, -0.25) is 9.59 Å². The van der Waals surface area contributed by atoms with E-state index in [1.54, 1.807) is 20.9 Å². The number of aromatic nitrogens is 2. The summed E-state index contributed by atoms with van der Waals surface area (Å²) < 4.78 is 40.5. The van der Waals surface area contributed by atoms with Gasteiger partial charge in [0, 0.05) is 7.05 Å². The quantitative estimate of drug-likeness (QED) is 0.428. The molecule has 0 radical (unpaired) electrons. The summed E-state index contributed by atoms with van der Waals surface area (Å²) in [4.78, 5) is 27.2. The van der Waals surface area contributed by atoms with Crippen molar-refractivity contribution in [1.29, 1.82) is 0 Å².